The molecule has 2 amide bonds. The number of halogens is 2. The maximum Gasteiger partial charge on any atom is 0.255 e. The van der Waals surface area contributed by atoms with Crippen molar-refractivity contribution in [2.24, 2.45) is 0 Å². The van der Waals surface area contributed by atoms with E-state index in [9.17, 15) is 18.4 Å². The monoisotopic (exact) mass is 356 g/mol. The van der Waals surface area contributed by atoms with E-state index in [0.717, 1.165) is 12.1 Å². The third-order valence-electron chi connectivity index (χ3n) is 3.64. The van der Waals surface area contributed by atoms with Crippen molar-refractivity contribution in [3.05, 3.63) is 71.8 Å². The fraction of sp³-hybridized carbons (Fsp3) is 0.0526. The lowest BCUT2D eigenvalue weighted by Gasteiger charge is -2.18. The van der Waals surface area contributed by atoms with Crippen LogP contribution in [0.5, 0.6) is 5.75 Å². The van der Waals surface area contributed by atoms with E-state index in [2.05, 4.69) is 17.2 Å². The van der Waals surface area contributed by atoms with E-state index in [0.29, 0.717) is 11.3 Å². The topological polar surface area (TPSA) is 67.4 Å². The van der Waals surface area contributed by atoms with E-state index < -0.39 is 23.4 Å². The number of amides is 2. The summed E-state index contributed by atoms with van der Waals surface area (Å²) in [5, 5.41) is 4.90. The summed E-state index contributed by atoms with van der Waals surface area (Å²) in [6.07, 6.45) is 2.53. The number of carbonyl (C=O) groups excluding carboxylic acids is 2. The Bertz CT molecular complexity index is 938. The van der Waals surface area contributed by atoms with Gasteiger partial charge in [0.2, 0.25) is 5.91 Å². The maximum absolute atomic E-state index is 13.7. The van der Waals surface area contributed by atoms with Crippen LogP contribution in [-0.2, 0) is 9.59 Å². The van der Waals surface area contributed by atoms with Gasteiger partial charge in [0.05, 0.1) is 11.3 Å². The van der Waals surface area contributed by atoms with Crippen LogP contribution in [0.4, 0.5) is 20.2 Å². The minimum Gasteiger partial charge on any atom is -0.488 e. The van der Waals surface area contributed by atoms with Gasteiger partial charge in [0.25, 0.3) is 5.91 Å². The SMILES string of the molecule is C=CC(=O)Nc1cc(NC(=O)C2=Cc3cc(F)ccc3OC2)ccc1F. The van der Waals surface area contributed by atoms with E-state index in [-0.39, 0.29) is 23.6 Å². The molecule has 0 bridgehead atoms. The summed E-state index contributed by atoms with van der Waals surface area (Å²) in [6, 6.07) is 7.79. The summed E-state index contributed by atoms with van der Waals surface area (Å²) in [5.74, 6) is -1.66. The minimum atomic E-state index is -0.650. The molecule has 2 aromatic carbocycles. The highest BCUT2D eigenvalue weighted by atomic mass is 19.1. The summed E-state index contributed by atoms with van der Waals surface area (Å²) in [4.78, 5) is 23.7. The molecule has 1 heterocycles. The van der Waals surface area contributed by atoms with Crippen LogP contribution in [0.15, 0.2) is 54.6 Å². The molecule has 0 saturated heterocycles. The quantitative estimate of drug-likeness (QED) is 0.824. The highest BCUT2D eigenvalue weighted by Crippen LogP contribution is 2.28. The molecule has 5 nitrogen and oxygen atoms in total. The highest BCUT2D eigenvalue weighted by Gasteiger charge is 2.18. The predicted molar refractivity (Wildman–Crippen MR) is 93.7 cm³/mol. The summed E-state index contributed by atoms with van der Waals surface area (Å²) in [5.41, 5.74) is 0.930. The molecular weight excluding hydrogens is 342 g/mol. The standard InChI is InChI=1S/C19H14F2N2O3/c1-2-18(24)23-16-9-14(4-5-15(16)21)22-19(25)12-7-11-8-13(20)3-6-17(11)26-10-12/h2-9H,1,10H2,(H,22,25)(H,23,24). The smallest absolute Gasteiger partial charge is 0.255 e. The molecule has 0 atom stereocenters. The summed E-state index contributed by atoms with van der Waals surface area (Å²) >= 11 is 0. The number of hydrogen-bond acceptors (Lipinski definition) is 3. The number of ether oxygens (including phenoxy) is 1. The summed E-state index contributed by atoms with van der Waals surface area (Å²) in [6.45, 7) is 3.31. The number of fused-ring (bicyclic) bond motifs is 1. The zero-order chi connectivity index (χ0) is 18.7. The van der Waals surface area contributed by atoms with Gasteiger partial charge in [-0.2, -0.15) is 0 Å². The first kappa shape index (κ1) is 17.3. The molecule has 0 aliphatic carbocycles. The van der Waals surface area contributed by atoms with Crippen LogP contribution in [0.1, 0.15) is 5.56 Å². The third kappa shape index (κ3) is 3.77. The second-order valence-corrected chi connectivity index (χ2v) is 5.48. The van der Waals surface area contributed by atoms with Gasteiger partial charge in [-0.3, -0.25) is 9.59 Å². The largest absolute Gasteiger partial charge is 0.488 e. The Balaban J connectivity index is 1.79. The van der Waals surface area contributed by atoms with Crippen LogP contribution in [0.3, 0.4) is 0 Å². The van der Waals surface area contributed by atoms with Gasteiger partial charge in [-0.05, 0) is 48.6 Å². The zero-order valence-electron chi connectivity index (χ0n) is 13.5. The van der Waals surface area contributed by atoms with Crippen LogP contribution in [0.25, 0.3) is 6.08 Å². The second-order valence-electron chi connectivity index (χ2n) is 5.48. The lowest BCUT2D eigenvalue weighted by atomic mass is 10.1. The van der Waals surface area contributed by atoms with Crippen molar-refractivity contribution in [2.45, 2.75) is 0 Å². The first-order valence-corrected chi connectivity index (χ1v) is 7.63. The van der Waals surface area contributed by atoms with Crippen molar-refractivity contribution in [3.63, 3.8) is 0 Å². The van der Waals surface area contributed by atoms with Gasteiger partial charge < -0.3 is 15.4 Å². The van der Waals surface area contributed by atoms with Gasteiger partial charge in [-0.1, -0.05) is 6.58 Å². The van der Waals surface area contributed by atoms with Gasteiger partial charge in [-0.15, -0.1) is 0 Å². The normalized spacial score (nSPS) is 12.3. The van der Waals surface area contributed by atoms with Crippen LogP contribution < -0.4 is 15.4 Å². The molecular formula is C19H14F2N2O3. The molecule has 1 aliphatic rings. The Hall–Kier alpha value is -3.48. The van der Waals surface area contributed by atoms with Crippen LogP contribution in [0, 0.1) is 11.6 Å². The number of nitrogens with one attached hydrogen (secondary N) is 2. The van der Waals surface area contributed by atoms with Crippen molar-refractivity contribution in [3.8, 4) is 5.75 Å². The Morgan fingerprint density at radius 2 is 1.92 bits per heavy atom. The molecule has 0 aromatic heterocycles. The third-order valence-corrected chi connectivity index (χ3v) is 3.64. The van der Waals surface area contributed by atoms with Gasteiger partial charge in [-0.25, -0.2) is 8.78 Å². The van der Waals surface area contributed by atoms with E-state index >= 15 is 0 Å². The van der Waals surface area contributed by atoms with E-state index in [1.54, 1.807) is 0 Å². The highest BCUT2D eigenvalue weighted by molar-refractivity contribution is 6.08. The van der Waals surface area contributed by atoms with Gasteiger partial charge >= 0.3 is 0 Å². The molecule has 0 radical (unpaired) electrons. The van der Waals surface area contributed by atoms with Crippen LogP contribution >= 0.6 is 0 Å². The van der Waals surface area contributed by atoms with Crippen molar-refractivity contribution >= 4 is 29.3 Å². The summed E-state index contributed by atoms with van der Waals surface area (Å²) < 4.78 is 32.5. The van der Waals surface area contributed by atoms with Crippen molar-refractivity contribution in [1.29, 1.82) is 0 Å². The van der Waals surface area contributed by atoms with Crippen molar-refractivity contribution in [1.82, 2.24) is 0 Å². The Morgan fingerprint density at radius 3 is 2.69 bits per heavy atom. The van der Waals surface area contributed by atoms with Crippen molar-refractivity contribution in [2.75, 3.05) is 17.2 Å². The number of rotatable bonds is 4. The number of carbonyl (C=O) groups is 2. The summed E-state index contributed by atoms with van der Waals surface area (Å²) in [7, 11) is 0. The minimum absolute atomic E-state index is 0.0196. The molecule has 1 aliphatic heterocycles. The molecule has 0 saturated carbocycles. The fourth-order valence-corrected chi connectivity index (χ4v) is 2.37. The van der Waals surface area contributed by atoms with Crippen molar-refractivity contribution < 1.29 is 23.1 Å². The van der Waals surface area contributed by atoms with Gasteiger partial charge in [0, 0.05) is 11.3 Å². The number of hydrogen-bond donors (Lipinski definition) is 2. The number of anilines is 2. The predicted octanol–water partition coefficient (Wildman–Crippen LogP) is 3.50. The molecule has 0 spiro atoms. The Morgan fingerprint density at radius 1 is 1.12 bits per heavy atom. The second kappa shape index (κ2) is 7.18. The average Bonchev–Trinajstić information content (AvgIpc) is 2.63. The maximum atomic E-state index is 13.7. The van der Waals surface area contributed by atoms with E-state index in [1.165, 1.54) is 36.4 Å². The molecule has 0 fully saturated rings. The Kier molecular flexibility index (Phi) is 4.79. The van der Waals surface area contributed by atoms with Crippen LogP contribution in [0.2, 0.25) is 0 Å². The molecule has 2 aromatic rings. The first-order valence-electron chi connectivity index (χ1n) is 7.63. The molecule has 2 N–H and O–H groups in total. The average molecular weight is 356 g/mol. The molecule has 0 unspecified atom stereocenters. The molecule has 7 heteroatoms. The van der Waals surface area contributed by atoms with Crippen LogP contribution in [-0.4, -0.2) is 18.4 Å². The first-order chi connectivity index (χ1) is 12.5. The zero-order valence-corrected chi connectivity index (χ0v) is 13.5. The lowest BCUT2D eigenvalue weighted by molar-refractivity contribution is -0.113. The van der Waals surface area contributed by atoms with Gasteiger partial charge in [0.15, 0.2) is 0 Å². The fourth-order valence-electron chi connectivity index (χ4n) is 2.37. The molecule has 132 valence electrons. The Labute approximate surface area is 148 Å². The van der Waals surface area contributed by atoms with E-state index in [1.807, 2.05) is 0 Å². The number of benzene rings is 2. The van der Waals surface area contributed by atoms with Gasteiger partial charge in [0.1, 0.15) is 24.0 Å². The molecule has 26 heavy (non-hydrogen) atoms. The molecule has 3 rings (SSSR count). The lowest BCUT2D eigenvalue weighted by Crippen LogP contribution is -2.21. The van der Waals surface area contributed by atoms with E-state index in [4.69, 9.17) is 4.74 Å².